The van der Waals surface area contributed by atoms with Gasteiger partial charge in [0.15, 0.2) is 0 Å². The van der Waals surface area contributed by atoms with Crippen molar-refractivity contribution in [3.05, 3.63) is 277 Å². The van der Waals surface area contributed by atoms with Gasteiger partial charge < -0.3 is 9.80 Å². The summed E-state index contributed by atoms with van der Waals surface area (Å²) in [5, 5.41) is 2.44. The van der Waals surface area contributed by atoms with Gasteiger partial charge in [-0.05, 0) is 161 Å². The molecule has 0 saturated carbocycles. The van der Waals surface area contributed by atoms with Crippen molar-refractivity contribution in [2.45, 2.75) is 38.5 Å². The van der Waals surface area contributed by atoms with E-state index in [4.69, 9.17) is 0 Å². The summed E-state index contributed by atoms with van der Waals surface area (Å²) in [6, 6.07) is 94.4. The number of fused-ring (bicyclic) bond motifs is 7. The van der Waals surface area contributed by atoms with Crippen LogP contribution in [0.5, 0.6) is 0 Å². The number of para-hydroxylation sites is 2. The van der Waals surface area contributed by atoms with Gasteiger partial charge in [-0.15, -0.1) is 0 Å². The molecule has 0 N–H and O–H groups in total. The van der Waals surface area contributed by atoms with Crippen LogP contribution in [-0.4, -0.2) is 0 Å². The van der Waals surface area contributed by atoms with Gasteiger partial charge >= 0.3 is 0 Å². The fraction of sp³-hybridized carbons (Fsp3) is 0.0857. The molecule has 2 nitrogen and oxygen atoms in total. The van der Waals surface area contributed by atoms with Gasteiger partial charge in [-0.3, -0.25) is 0 Å². The van der Waals surface area contributed by atoms with Gasteiger partial charge in [0.05, 0.1) is 0 Å². The zero-order chi connectivity index (χ0) is 48.6. The van der Waals surface area contributed by atoms with Crippen LogP contribution in [0, 0.1) is 0 Å². The summed E-state index contributed by atoms with van der Waals surface area (Å²) in [6.07, 6.45) is 0. The van der Waals surface area contributed by atoms with Gasteiger partial charge in [-0.2, -0.15) is 0 Å². The molecule has 344 valence electrons. The number of nitrogens with zero attached hydrogens (tertiary/aromatic N) is 2. The number of rotatable bonds is 9. The van der Waals surface area contributed by atoms with Crippen LogP contribution in [0.2, 0.25) is 0 Å². The molecule has 0 bridgehead atoms. The average Bonchev–Trinajstić information content (AvgIpc) is 3.80. The first-order valence-electron chi connectivity index (χ1n) is 25.3. The van der Waals surface area contributed by atoms with Crippen LogP contribution in [0.1, 0.15) is 49.9 Å². The number of hydrogen-bond donors (Lipinski definition) is 0. The molecular weight excluding hydrogens is 869 g/mol. The highest BCUT2D eigenvalue weighted by molar-refractivity contribution is 6.11. The second-order valence-electron chi connectivity index (χ2n) is 20.5. The highest BCUT2D eigenvalue weighted by atomic mass is 15.2. The molecule has 2 aliphatic rings. The van der Waals surface area contributed by atoms with Crippen LogP contribution in [-0.2, 0) is 10.8 Å². The Morgan fingerprint density at radius 3 is 1.14 bits per heavy atom. The minimum atomic E-state index is -0.175. The fourth-order valence-corrected chi connectivity index (χ4v) is 12.1. The first kappa shape index (κ1) is 43.3. The predicted molar refractivity (Wildman–Crippen MR) is 305 cm³/mol. The zero-order valence-electron chi connectivity index (χ0n) is 41.1. The van der Waals surface area contributed by atoms with E-state index in [0.717, 1.165) is 39.7 Å². The standard InChI is InChI=1S/C70H54N2/c1-69(2)64-35-21-19-32-57(64)59-39-37-52(44-66(59)69)71(50-27-13-7-14-28-50)54-41-49(63-46-62(47-23-9-5-10-24-47)56-31-17-18-34-61(56)68(63)48-25-11-6-12-26-48)42-55(43-54)72(51-29-15-8-16-30-51)53-38-40-60-58-33-20-22-36-65(58)70(3,4)67(60)45-53/h5-46H,1-4H3. The van der Waals surface area contributed by atoms with Crippen LogP contribution in [0.3, 0.4) is 0 Å². The SMILES string of the molecule is CC1(C)c2ccccc2-c2ccc(N(c3ccccc3)c3cc(-c4cc(-c5ccccc5)c5ccccc5c4-c4ccccc4)cc(N(c4ccccc4)c4ccc5c(c4)C(C)(C)c4ccccc4-5)c3)cc21. The molecule has 72 heavy (non-hydrogen) atoms. The van der Waals surface area contributed by atoms with Crippen LogP contribution in [0.15, 0.2) is 255 Å². The van der Waals surface area contributed by atoms with Crippen molar-refractivity contribution in [1.82, 2.24) is 0 Å². The Kier molecular flexibility index (Phi) is 10.2. The van der Waals surface area contributed by atoms with Crippen molar-refractivity contribution in [1.29, 1.82) is 0 Å². The number of hydrogen-bond acceptors (Lipinski definition) is 2. The lowest BCUT2D eigenvalue weighted by molar-refractivity contribution is 0.660. The van der Waals surface area contributed by atoms with E-state index in [1.54, 1.807) is 0 Å². The van der Waals surface area contributed by atoms with E-state index in [9.17, 15) is 0 Å². The van der Waals surface area contributed by atoms with Crippen LogP contribution in [0.25, 0.3) is 66.4 Å². The molecule has 0 fully saturated rings. The Hall–Kier alpha value is -8.72. The molecular formula is C70H54N2. The smallest absolute Gasteiger partial charge is 0.0488 e. The minimum Gasteiger partial charge on any atom is -0.310 e. The van der Waals surface area contributed by atoms with Gasteiger partial charge in [0, 0.05) is 45.0 Å². The third kappa shape index (κ3) is 7.01. The van der Waals surface area contributed by atoms with Crippen molar-refractivity contribution < 1.29 is 0 Å². The first-order chi connectivity index (χ1) is 35.2. The molecule has 0 saturated heterocycles. The van der Waals surface area contributed by atoms with Crippen LogP contribution in [0.4, 0.5) is 34.1 Å². The Morgan fingerprint density at radius 1 is 0.236 bits per heavy atom. The minimum absolute atomic E-state index is 0.175. The van der Waals surface area contributed by atoms with E-state index in [1.807, 2.05) is 0 Å². The van der Waals surface area contributed by atoms with E-state index < -0.39 is 0 Å². The lowest BCUT2D eigenvalue weighted by atomic mass is 9.82. The molecule has 0 unspecified atom stereocenters. The summed E-state index contributed by atoms with van der Waals surface area (Å²) in [7, 11) is 0. The van der Waals surface area contributed by atoms with Crippen LogP contribution >= 0.6 is 0 Å². The monoisotopic (exact) mass is 922 g/mol. The quantitative estimate of drug-likeness (QED) is 0.142. The molecule has 11 aromatic carbocycles. The van der Waals surface area contributed by atoms with Gasteiger partial charge in [-0.1, -0.05) is 210 Å². The summed E-state index contributed by atoms with van der Waals surface area (Å²) in [5.41, 5.74) is 23.9. The maximum Gasteiger partial charge on any atom is 0.0488 e. The highest BCUT2D eigenvalue weighted by Gasteiger charge is 2.37. The summed E-state index contributed by atoms with van der Waals surface area (Å²) < 4.78 is 0. The van der Waals surface area contributed by atoms with Gasteiger partial charge in [0.1, 0.15) is 0 Å². The van der Waals surface area contributed by atoms with Crippen molar-refractivity contribution in [2.75, 3.05) is 9.80 Å². The summed E-state index contributed by atoms with van der Waals surface area (Å²) in [5.74, 6) is 0. The molecule has 2 heteroatoms. The molecule has 13 rings (SSSR count). The third-order valence-corrected chi connectivity index (χ3v) is 15.6. The highest BCUT2D eigenvalue weighted by Crippen LogP contribution is 2.54. The fourth-order valence-electron chi connectivity index (χ4n) is 12.1. The van der Waals surface area contributed by atoms with Gasteiger partial charge in [0.2, 0.25) is 0 Å². The lowest BCUT2D eigenvalue weighted by Crippen LogP contribution is -2.17. The topological polar surface area (TPSA) is 6.48 Å². The van der Waals surface area contributed by atoms with E-state index >= 15 is 0 Å². The maximum absolute atomic E-state index is 2.47. The average molecular weight is 923 g/mol. The van der Waals surface area contributed by atoms with E-state index in [1.165, 1.54) is 83.1 Å². The lowest BCUT2D eigenvalue weighted by Gasteiger charge is -2.32. The molecule has 2 aliphatic carbocycles. The Bertz CT molecular complexity index is 3680. The number of benzene rings is 11. The predicted octanol–water partition coefficient (Wildman–Crippen LogP) is 19.4. The zero-order valence-corrected chi connectivity index (χ0v) is 41.1. The van der Waals surface area contributed by atoms with Crippen molar-refractivity contribution in [3.63, 3.8) is 0 Å². The normalized spacial score (nSPS) is 13.5. The summed E-state index contributed by atoms with van der Waals surface area (Å²) in [4.78, 5) is 4.94. The molecule has 0 radical (unpaired) electrons. The molecule has 0 spiro atoms. The molecule has 11 aromatic rings. The van der Waals surface area contributed by atoms with E-state index in [2.05, 4.69) is 292 Å². The van der Waals surface area contributed by atoms with E-state index in [0.29, 0.717) is 0 Å². The largest absolute Gasteiger partial charge is 0.310 e. The Labute approximate surface area is 423 Å². The van der Waals surface area contributed by atoms with Crippen molar-refractivity contribution >= 4 is 44.9 Å². The Balaban J connectivity index is 1.12. The summed E-state index contributed by atoms with van der Waals surface area (Å²) >= 11 is 0. The van der Waals surface area contributed by atoms with E-state index in [-0.39, 0.29) is 10.8 Å². The summed E-state index contributed by atoms with van der Waals surface area (Å²) in [6.45, 7) is 9.49. The molecule has 0 aromatic heterocycles. The second-order valence-corrected chi connectivity index (χ2v) is 20.5. The van der Waals surface area contributed by atoms with Crippen molar-refractivity contribution in [2.24, 2.45) is 0 Å². The maximum atomic E-state index is 2.47. The Morgan fingerprint density at radius 2 is 0.639 bits per heavy atom. The molecule has 0 atom stereocenters. The molecule has 0 aliphatic heterocycles. The second kappa shape index (κ2) is 17.0. The van der Waals surface area contributed by atoms with Gasteiger partial charge in [0.25, 0.3) is 0 Å². The first-order valence-corrected chi connectivity index (χ1v) is 25.3. The van der Waals surface area contributed by atoms with Crippen LogP contribution < -0.4 is 9.80 Å². The number of anilines is 6. The molecule has 0 amide bonds. The third-order valence-electron chi connectivity index (χ3n) is 15.6. The molecule has 0 heterocycles. The van der Waals surface area contributed by atoms with Gasteiger partial charge in [-0.25, -0.2) is 0 Å². The van der Waals surface area contributed by atoms with Crippen molar-refractivity contribution in [3.8, 4) is 55.6 Å².